The van der Waals surface area contributed by atoms with E-state index in [1.807, 2.05) is 30.4 Å². The zero-order chi connectivity index (χ0) is 25.7. The summed E-state index contributed by atoms with van der Waals surface area (Å²) in [6.45, 7) is 1.12. The first-order chi connectivity index (χ1) is 16.8. The first-order valence-electron chi connectivity index (χ1n) is 12.9. The van der Waals surface area contributed by atoms with Crippen LogP contribution in [0.15, 0.2) is 42.5 Å². The van der Waals surface area contributed by atoms with Crippen LogP contribution in [0.5, 0.6) is 0 Å². The zero-order valence-corrected chi connectivity index (χ0v) is 21.0. The van der Waals surface area contributed by atoms with E-state index in [2.05, 4.69) is 12.1 Å². The van der Waals surface area contributed by atoms with Crippen molar-refractivity contribution in [2.75, 3.05) is 19.8 Å². The van der Waals surface area contributed by atoms with Crippen LogP contribution < -0.4 is 0 Å². The van der Waals surface area contributed by atoms with Crippen LogP contribution in [0.25, 0.3) is 0 Å². The average molecular weight is 493 g/mol. The molecule has 0 aliphatic heterocycles. The lowest BCUT2D eigenvalue weighted by molar-refractivity contribution is -0.149. The Morgan fingerprint density at radius 3 is 2.46 bits per heavy atom. The van der Waals surface area contributed by atoms with Gasteiger partial charge in [-0.25, -0.2) is 0 Å². The van der Waals surface area contributed by atoms with Crippen molar-refractivity contribution in [1.29, 1.82) is 0 Å². The molecule has 0 amide bonds. The molecule has 0 heterocycles. The third kappa shape index (κ3) is 10.4. The van der Waals surface area contributed by atoms with Crippen LogP contribution in [0.4, 0.5) is 0 Å². The maximum absolute atomic E-state index is 11.8. The van der Waals surface area contributed by atoms with E-state index in [1.165, 1.54) is 5.56 Å². The van der Waals surface area contributed by atoms with Gasteiger partial charge in [-0.15, -0.1) is 0 Å². The summed E-state index contributed by atoms with van der Waals surface area (Å²) >= 11 is 0. The van der Waals surface area contributed by atoms with Gasteiger partial charge in [-0.3, -0.25) is 4.79 Å². The molecule has 0 unspecified atom stereocenters. The Labute approximate surface area is 209 Å². The van der Waals surface area contributed by atoms with Gasteiger partial charge in [-0.2, -0.15) is 0 Å². The standard InChI is InChI=1S/C28H44O7/c1-28(18-29,19-30)20-35-27(34)12-8-3-2-7-11-23-24(26(33)17-25(23)32)16-15-22(31)14-13-21-9-5-4-6-10-21/h2,4-7,9-10,22-26,29-33H,3,8,11-20H2,1H3/b7-2-/t22-,23+,24+,25-,26+/m0/s1. The second-order valence-electron chi connectivity index (χ2n) is 10.3. The van der Waals surface area contributed by atoms with Crippen molar-refractivity contribution >= 4 is 5.97 Å². The van der Waals surface area contributed by atoms with Crippen molar-refractivity contribution in [3.63, 3.8) is 0 Å². The van der Waals surface area contributed by atoms with Crippen molar-refractivity contribution in [2.45, 2.75) is 83.0 Å². The van der Waals surface area contributed by atoms with E-state index >= 15 is 0 Å². The fraction of sp³-hybridized carbons (Fsp3) is 0.679. The molecule has 0 saturated heterocycles. The van der Waals surface area contributed by atoms with E-state index in [4.69, 9.17) is 4.74 Å². The van der Waals surface area contributed by atoms with Crippen molar-refractivity contribution in [3.8, 4) is 0 Å². The summed E-state index contributed by atoms with van der Waals surface area (Å²) in [5.74, 6) is -0.433. The van der Waals surface area contributed by atoms with Gasteiger partial charge in [0.05, 0.1) is 31.5 Å². The second kappa shape index (κ2) is 15.4. The molecular formula is C28H44O7. The highest BCUT2D eigenvalue weighted by Crippen LogP contribution is 2.38. The number of rotatable bonds is 16. The Hall–Kier alpha value is -1.77. The third-order valence-corrected chi connectivity index (χ3v) is 7.14. The molecule has 0 bridgehead atoms. The molecule has 5 atom stereocenters. The maximum atomic E-state index is 11.8. The number of carbonyl (C=O) groups is 1. The topological polar surface area (TPSA) is 127 Å². The molecule has 2 rings (SSSR count). The number of aliphatic hydroxyl groups excluding tert-OH is 5. The molecule has 1 aliphatic carbocycles. The molecule has 1 aliphatic rings. The molecule has 7 heteroatoms. The van der Waals surface area contributed by atoms with Crippen LogP contribution in [-0.2, 0) is 16.0 Å². The minimum atomic E-state index is -0.823. The lowest BCUT2D eigenvalue weighted by Crippen LogP contribution is -2.32. The predicted molar refractivity (Wildman–Crippen MR) is 134 cm³/mol. The number of allylic oxidation sites excluding steroid dienone is 2. The van der Waals surface area contributed by atoms with Gasteiger partial charge in [-0.1, -0.05) is 49.4 Å². The number of benzene rings is 1. The number of aliphatic hydroxyl groups is 5. The second-order valence-corrected chi connectivity index (χ2v) is 10.3. The lowest BCUT2D eigenvalue weighted by atomic mass is 9.85. The SMILES string of the molecule is CC(CO)(CO)COC(=O)CCC/C=C\C[C@@H]1[C@@H](CC[C@@H](O)CCc2ccccc2)[C@H](O)C[C@@H]1O. The molecule has 1 aromatic rings. The first kappa shape index (κ1) is 29.5. The quantitative estimate of drug-likeness (QED) is 0.136. The molecule has 35 heavy (non-hydrogen) atoms. The van der Waals surface area contributed by atoms with Gasteiger partial charge < -0.3 is 30.3 Å². The highest BCUT2D eigenvalue weighted by atomic mass is 16.5. The van der Waals surface area contributed by atoms with Gasteiger partial charge in [0.2, 0.25) is 0 Å². The number of ether oxygens (including phenoxy) is 1. The molecule has 0 spiro atoms. The Morgan fingerprint density at radius 2 is 1.77 bits per heavy atom. The number of esters is 1. The summed E-state index contributed by atoms with van der Waals surface area (Å²) in [6.07, 6.45) is 7.84. The van der Waals surface area contributed by atoms with Crippen LogP contribution >= 0.6 is 0 Å². The van der Waals surface area contributed by atoms with Gasteiger partial charge >= 0.3 is 5.97 Å². The highest BCUT2D eigenvalue weighted by molar-refractivity contribution is 5.69. The fourth-order valence-corrected chi connectivity index (χ4v) is 4.62. The third-order valence-electron chi connectivity index (χ3n) is 7.14. The van der Waals surface area contributed by atoms with Crippen LogP contribution in [0.1, 0.15) is 63.9 Å². The van der Waals surface area contributed by atoms with Crippen LogP contribution in [0, 0.1) is 17.3 Å². The van der Waals surface area contributed by atoms with Crippen molar-refractivity contribution in [3.05, 3.63) is 48.0 Å². The fourth-order valence-electron chi connectivity index (χ4n) is 4.62. The number of carbonyl (C=O) groups excluding carboxylic acids is 1. The average Bonchev–Trinajstić information content (AvgIpc) is 3.14. The normalized spacial score (nSPS) is 23.6. The van der Waals surface area contributed by atoms with Gasteiger partial charge in [0.1, 0.15) is 6.61 Å². The monoisotopic (exact) mass is 492 g/mol. The van der Waals surface area contributed by atoms with E-state index in [1.54, 1.807) is 6.92 Å². The Morgan fingerprint density at radius 1 is 1.09 bits per heavy atom. The molecule has 198 valence electrons. The predicted octanol–water partition coefficient (Wildman–Crippen LogP) is 2.77. The van der Waals surface area contributed by atoms with Gasteiger partial charge in [0, 0.05) is 11.8 Å². The summed E-state index contributed by atoms with van der Waals surface area (Å²) in [5, 5.41) is 49.8. The van der Waals surface area contributed by atoms with Crippen molar-refractivity contribution in [1.82, 2.24) is 0 Å². The summed E-state index contributed by atoms with van der Waals surface area (Å²) < 4.78 is 5.14. The minimum Gasteiger partial charge on any atom is -0.465 e. The van der Waals surface area contributed by atoms with Crippen LogP contribution in [0.2, 0.25) is 0 Å². The van der Waals surface area contributed by atoms with Crippen LogP contribution in [0.3, 0.4) is 0 Å². The van der Waals surface area contributed by atoms with E-state index in [0.717, 1.165) is 6.42 Å². The molecule has 1 fully saturated rings. The summed E-state index contributed by atoms with van der Waals surface area (Å²) in [5.41, 5.74) is 0.379. The molecule has 7 nitrogen and oxygen atoms in total. The van der Waals surface area contributed by atoms with E-state index in [0.29, 0.717) is 44.9 Å². The molecule has 5 N–H and O–H groups in total. The zero-order valence-electron chi connectivity index (χ0n) is 21.0. The van der Waals surface area contributed by atoms with E-state index < -0.39 is 23.7 Å². The maximum Gasteiger partial charge on any atom is 0.305 e. The number of aryl methyl sites for hydroxylation is 1. The van der Waals surface area contributed by atoms with Crippen molar-refractivity contribution in [2.24, 2.45) is 17.3 Å². The first-order valence-corrected chi connectivity index (χ1v) is 12.9. The summed E-state index contributed by atoms with van der Waals surface area (Å²) in [6, 6.07) is 10.1. The molecular weight excluding hydrogens is 448 g/mol. The summed E-state index contributed by atoms with van der Waals surface area (Å²) in [7, 11) is 0. The molecule has 1 saturated carbocycles. The van der Waals surface area contributed by atoms with Gasteiger partial charge in [-0.05, 0) is 68.8 Å². The van der Waals surface area contributed by atoms with Gasteiger partial charge in [0.15, 0.2) is 0 Å². The Balaban J connectivity index is 1.67. The van der Waals surface area contributed by atoms with Crippen LogP contribution in [-0.4, -0.2) is 69.6 Å². The largest absolute Gasteiger partial charge is 0.465 e. The smallest absolute Gasteiger partial charge is 0.305 e. The molecule has 0 radical (unpaired) electrons. The summed E-state index contributed by atoms with van der Waals surface area (Å²) in [4.78, 5) is 11.8. The lowest BCUT2D eigenvalue weighted by Gasteiger charge is -2.23. The number of hydrogen-bond acceptors (Lipinski definition) is 7. The van der Waals surface area contributed by atoms with E-state index in [9.17, 15) is 30.3 Å². The number of hydrogen-bond donors (Lipinski definition) is 5. The molecule has 1 aromatic carbocycles. The van der Waals surface area contributed by atoms with E-state index in [-0.39, 0.29) is 44.0 Å². The number of unbranched alkanes of at least 4 members (excludes halogenated alkanes) is 1. The van der Waals surface area contributed by atoms with Crippen molar-refractivity contribution < 1.29 is 35.1 Å². The minimum absolute atomic E-state index is 0.0150. The Kier molecular flexibility index (Phi) is 12.9. The Bertz CT molecular complexity index is 747. The van der Waals surface area contributed by atoms with Gasteiger partial charge in [0.25, 0.3) is 0 Å². The highest BCUT2D eigenvalue weighted by Gasteiger charge is 2.40. The molecule has 0 aromatic heterocycles.